The number of fused-ring (bicyclic) bond motifs is 1. The van der Waals surface area contributed by atoms with Gasteiger partial charge in [0.05, 0.1) is 5.41 Å². The van der Waals surface area contributed by atoms with Crippen LogP contribution in [0.1, 0.15) is 17.5 Å². The van der Waals surface area contributed by atoms with Crippen LogP contribution in [0.5, 0.6) is 0 Å². The summed E-state index contributed by atoms with van der Waals surface area (Å²) in [6.45, 7) is 4.06. The van der Waals surface area contributed by atoms with Crippen molar-refractivity contribution in [2.75, 3.05) is 20.1 Å². The summed E-state index contributed by atoms with van der Waals surface area (Å²) in [6, 6.07) is 8.51. The number of hydrogen-bond acceptors (Lipinski definition) is 2. The number of Topliss-reactive ketones (excluding diaryl/α,β-unsaturated/α-hetero) is 1. The molecule has 0 aromatic heterocycles. The van der Waals surface area contributed by atoms with E-state index in [1.165, 1.54) is 11.1 Å². The summed E-state index contributed by atoms with van der Waals surface area (Å²) in [7, 11) is 2.11. The SMILES string of the molecule is Cc1ccc(C23CN(C)CC2CC3=O)cc1. The Morgan fingerprint density at radius 3 is 2.56 bits per heavy atom. The minimum Gasteiger partial charge on any atom is -0.305 e. The molecule has 0 amide bonds. The van der Waals surface area contributed by atoms with E-state index >= 15 is 0 Å². The van der Waals surface area contributed by atoms with E-state index in [2.05, 4.69) is 43.1 Å². The molecule has 2 heteroatoms. The first kappa shape index (κ1) is 10.0. The normalized spacial score (nSPS) is 33.6. The summed E-state index contributed by atoms with van der Waals surface area (Å²) in [5, 5.41) is 0. The molecule has 1 aliphatic carbocycles. The standard InChI is InChI=1S/C14H17NO/c1-10-3-5-11(6-4-10)14-9-15(2)8-12(14)7-13(14)16/h3-6,12H,7-9H2,1-2H3. The Bertz CT molecular complexity index is 437. The fourth-order valence-corrected chi connectivity index (χ4v) is 3.32. The maximum Gasteiger partial charge on any atom is 0.145 e. The van der Waals surface area contributed by atoms with Gasteiger partial charge in [-0.25, -0.2) is 0 Å². The predicted octanol–water partition coefficient (Wildman–Crippen LogP) is 1.77. The van der Waals surface area contributed by atoms with Crippen LogP contribution in [-0.4, -0.2) is 30.8 Å². The molecule has 2 nitrogen and oxygen atoms in total. The number of hydrogen-bond donors (Lipinski definition) is 0. The molecule has 1 aromatic carbocycles. The Hall–Kier alpha value is -1.15. The van der Waals surface area contributed by atoms with E-state index in [0.29, 0.717) is 11.7 Å². The van der Waals surface area contributed by atoms with Crippen molar-refractivity contribution >= 4 is 5.78 Å². The fourth-order valence-electron chi connectivity index (χ4n) is 3.32. The molecule has 3 rings (SSSR count). The summed E-state index contributed by atoms with van der Waals surface area (Å²) >= 11 is 0. The number of likely N-dealkylation sites (N-methyl/N-ethyl adjacent to an activating group) is 1. The Balaban J connectivity index is 2.04. The highest BCUT2D eigenvalue weighted by atomic mass is 16.1. The lowest BCUT2D eigenvalue weighted by Gasteiger charge is -2.42. The third-order valence-electron chi connectivity index (χ3n) is 4.24. The van der Waals surface area contributed by atoms with E-state index in [9.17, 15) is 4.79 Å². The lowest BCUT2D eigenvalue weighted by Crippen LogP contribution is -2.53. The quantitative estimate of drug-likeness (QED) is 0.711. The number of carbonyl (C=O) groups is 1. The zero-order chi connectivity index (χ0) is 11.3. The van der Waals surface area contributed by atoms with E-state index < -0.39 is 0 Å². The largest absolute Gasteiger partial charge is 0.305 e. The lowest BCUT2D eigenvalue weighted by molar-refractivity contribution is -0.134. The fraction of sp³-hybridized carbons (Fsp3) is 0.500. The van der Waals surface area contributed by atoms with Crippen LogP contribution in [0.2, 0.25) is 0 Å². The van der Waals surface area contributed by atoms with Crippen molar-refractivity contribution < 1.29 is 4.79 Å². The summed E-state index contributed by atoms with van der Waals surface area (Å²) < 4.78 is 0. The second-order valence-corrected chi connectivity index (χ2v) is 5.36. The van der Waals surface area contributed by atoms with Crippen LogP contribution in [0.25, 0.3) is 0 Å². The van der Waals surface area contributed by atoms with Crippen LogP contribution in [0.3, 0.4) is 0 Å². The van der Waals surface area contributed by atoms with E-state index in [4.69, 9.17) is 0 Å². The summed E-state index contributed by atoms with van der Waals surface area (Å²) in [4.78, 5) is 14.3. The molecule has 1 saturated carbocycles. The number of likely N-dealkylation sites (tertiary alicyclic amines) is 1. The van der Waals surface area contributed by atoms with Crippen molar-refractivity contribution in [1.82, 2.24) is 4.90 Å². The highest BCUT2D eigenvalue weighted by Crippen LogP contribution is 2.50. The number of nitrogens with zero attached hydrogens (tertiary/aromatic N) is 1. The second-order valence-electron chi connectivity index (χ2n) is 5.36. The number of ketones is 1. The molecular weight excluding hydrogens is 198 g/mol. The van der Waals surface area contributed by atoms with Crippen molar-refractivity contribution in [2.24, 2.45) is 5.92 Å². The highest BCUT2D eigenvalue weighted by molar-refractivity contribution is 5.97. The molecule has 2 aliphatic rings. The Kier molecular flexibility index (Phi) is 1.99. The van der Waals surface area contributed by atoms with Gasteiger partial charge in [-0.05, 0) is 25.5 Å². The smallest absolute Gasteiger partial charge is 0.145 e. The zero-order valence-electron chi connectivity index (χ0n) is 9.86. The minimum absolute atomic E-state index is 0.164. The van der Waals surface area contributed by atoms with Gasteiger partial charge in [-0.3, -0.25) is 4.79 Å². The summed E-state index contributed by atoms with van der Waals surface area (Å²) in [5.41, 5.74) is 2.32. The van der Waals surface area contributed by atoms with Gasteiger partial charge in [0, 0.05) is 19.5 Å². The van der Waals surface area contributed by atoms with Crippen molar-refractivity contribution in [3.8, 4) is 0 Å². The van der Waals surface area contributed by atoms with Gasteiger partial charge in [-0.1, -0.05) is 29.8 Å². The van der Waals surface area contributed by atoms with Crippen molar-refractivity contribution in [2.45, 2.75) is 18.8 Å². The number of benzene rings is 1. The zero-order valence-corrected chi connectivity index (χ0v) is 9.86. The van der Waals surface area contributed by atoms with Gasteiger partial charge in [0.25, 0.3) is 0 Å². The molecular formula is C14H17NO. The first-order valence-electron chi connectivity index (χ1n) is 5.92. The van der Waals surface area contributed by atoms with Gasteiger partial charge in [0.15, 0.2) is 0 Å². The van der Waals surface area contributed by atoms with E-state index in [1.54, 1.807) is 0 Å². The number of rotatable bonds is 1. The first-order valence-corrected chi connectivity index (χ1v) is 5.92. The Morgan fingerprint density at radius 1 is 1.31 bits per heavy atom. The topological polar surface area (TPSA) is 20.3 Å². The highest BCUT2D eigenvalue weighted by Gasteiger charge is 2.59. The molecule has 1 saturated heterocycles. The van der Waals surface area contributed by atoms with E-state index in [-0.39, 0.29) is 5.41 Å². The average Bonchev–Trinajstić information content (AvgIpc) is 2.52. The van der Waals surface area contributed by atoms with E-state index in [0.717, 1.165) is 19.5 Å². The number of aryl methyl sites for hydroxylation is 1. The van der Waals surface area contributed by atoms with Crippen LogP contribution in [-0.2, 0) is 10.2 Å². The molecule has 2 atom stereocenters. The summed E-state index contributed by atoms with van der Waals surface area (Å²) in [5.74, 6) is 0.985. The lowest BCUT2D eigenvalue weighted by atomic mass is 9.57. The predicted molar refractivity (Wildman–Crippen MR) is 63.5 cm³/mol. The van der Waals surface area contributed by atoms with Crippen molar-refractivity contribution in [3.63, 3.8) is 0 Å². The average molecular weight is 215 g/mol. The molecule has 0 radical (unpaired) electrons. The molecule has 2 unspecified atom stereocenters. The molecule has 84 valence electrons. The molecule has 0 spiro atoms. The Morgan fingerprint density at radius 2 is 2.00 bits per heavy atom. The maximum atomic E-state index is 12.0. The van der Waals surface area contributed by atoms with Crippen LogP contribution < -0.4 is 0 Å². The van der Waals surface area contributed by atoms with Gasteiger partial charge in [-0.15, -0.1) is 0 Å². The molecule has 0 bridgehead atoms. The molecule has 1 aliphatic heterocycles. The molecule has 0 N–H and O–H groups in total. The van der Waals surface area contributed by atoms with Gasteiger partial charge in [0.1, 0.15) is 5.78 Å². The maximum absolute atomic E-state index is 12.0. The van der Waals surface area contributed by atoms with Crippen molar-refractivity contribution in [1.29, 1.82) is 0 Å². The Labute approximate surface area is 96.3 Å². The third kappa shape index (κ3) is 1.14. The molecule has 2 fully saturated rings. The monoisotopic (exact) mass is 215 g/mol. The summed E-state index contributed by atoms with van der Waals surface area (Å²) in [6.07, 6.45) is 0.776. The van der Waals surface area contributed by atoms with Crippen LogP contribution in [0.15, 0.2) is 24.3 Å². The second kappa shape index (κ2) is 3.17. The minimum atomic E-state index is -0.164. The van der Waals surface area contributed by atoms with Gasteiger partial charge in [-0.2, -0.15) is 0 Å². The molecule has 1 aromatic rings. The molecule has 1 heterocycles. The van der Waals surface area contributed by atoms with Gasteiger partial charge < -0.3 is 4.90 Å². The first-order chi connectivity index (χ1) is 7.63. The molecule has 16 heavy (non-hydrogen) atoms. The third-order valence-corrected chi connectivity index (χ3v) is 4.24. The van der Waals surface area contributed by atoms with Crippen LogP contribution >= 0.6 is 0 Å². The van der Waals surface area contributed by atoms with Gasteiger partial charge in [0.2, 0.25) is 0 Å². The van der Waals surface area contributed by atoms with Crippen molar-refractivity contribution in [3.05, 3.63) is 35.4 Å². The van der Waals surface area contributed by atoms with E-state index in [1.807, 2.05) is 0 Å². The van der Waals surface area contributed by atoms with Gasteiger partial charge >= 0.3 is 0 Å². The number of carbonyl (C=O) groups excluding carboxylic acids is 1. The van der Waals surface area contributed by atoms with Crippen LogP contribution in [0.4, 0.5) is 0 Å². The van der Waals surface area contributed by atoms with Crippen LogP contribution in [0, 0.1) is 12.8 Å².